The first-order chi connectivity index (χ1) is 58.2. The van der Waals surface area contributed by atoms with E-state index in [1.807, 2.05) is 61.9 Å². The molecule has 3 aliphatic rings. The molecule has 0 unspecified atom stereocenters. The Morgan fingerprint density at radius 1 is 0.623 bits per heavy atom. The monoisotopic (exact) mass is 1780 g/mol. The summed E-state index contributed by atoms with van der Waals surface area (Å²) in [4.78, 5) is 168. The molecule has 7 atom stereocenters. The number of aliphatic imine (C=N–C) groups is 1. The molecular formula is C81H118N17O20S4+. The Morgan fingerprint density at radius 2 is 1.23 bits per heavy atom. The van der Waals surface area contributed by atoms with Gasteiger partial charge in [-0.2, -0.15) is 38.3 Å². The van der Waals surface area contributed by atoms with Crippen LogP contribution in [0.15, 0.2) is 119 Å². The fourth-order valence-electron chi connectivity index (χ4n) is 13.5. The van der Waals surface area contributed by atoms with Crippen molar-refractivity contribution in [3.63, 3.8) is 0 Å². The molecule has 3 aromatic carbocycles. The molecule has 19 N–H and O–H groups in total. The highest BCUT2D eigenvalue weighted by atomic mass is 32.2. The van der Waals surface area contributed by atoms with Crippen LogP contribution in [-0.4, -0.2) is 264 Å². The maximum absolute atomic E-state index is 14.8. The van der Waals surface area contributed by atoms with Crippen molar-refractivity contribution in [3.05, 3.63) is 126 Å². The fourth-order valence-corrected chi connectivity index (χ4v) is 15.4. The highest BCUT2D eigenvalue weighted by molar-refractivity contribution is 7.97. The normalized spacial score (nSPS) is 20.4. The minimum Gasteiger partial charge on any atom is -0.481 e. The molecule has 1 fully saturated rings. The first-order valence-electron chi connectivity index (χ1n) is 40.2. The van der Waals surface area contributed by atoms with Gasteiger partial charge in [-0.3, -0.25) is 71.8 Å². The maximum atomic E-state index is 14.8. The molecule has 0 radical (unpaired) electrons. The third kappa shape index (κ3) is 33.7. The zero-order chi connectivity index (χ0) is 89.4. The first kappa shape index (κ1) is 101. The molecule has 1 saturated heterocycles. The van der Waals surface area contributed by atoms with Crippen molar-refractivity contribution in [1.29, 1.82) is 0 Å². The number of rotatable bonds is 43. The Morgan fingerprint density at radius 3 is 1.89 bits per heavy atom. The number of carboxylic acids is 1. The molecule has 37 nitrogen and oxygen atoms in total. The van der Waals surface area contributed by atoms with Crippen molar-refractivity contribution in [1.82, 2.24) is 57.9 Å². The molecule has 0 saturated carbocycles. The minimum absolute atomic E-state index is 0.00122. The zero-order valence-corrected chi connectivity index (χ0v) is 72.8. The number of anilines is 1. The lowest BCUT2D eigenvalue weighted by Crippen LogP contribution is -2.60. The summed E-state index contributed by atoms with van der Waals surface area (Å²) in [6, 6.07) is 11.0. The lowest BCUT2D eigenvalue weighted by atomic mass is 9.81. The first-order valence-corrected chi connectivity index (χ1v) is 43.9. The van der Waals surface area contributed by atoms with Gasteiger partial charge in [0, 0.05) is 104 Å². The average molecular weight is 1780 g/mol. The van der Waals surface area contributed by atoms with Crippen LogP contribution in [0.1, 0.15) is 115 Å². The number of aliphatic carboxylic acids is 1. The van der Waals surface area contributed by atoms with E-state index in [2.05, 4.69) is 125 Å². The molecular weight excluding hydrogens is 1660 g/mol. The maximum Gasteiger partial charge on any atom is 0.305 e. The summed E-state index contributed by atoms with van der Waals surface area (Å²) < 4.78 is 60.8. The summed E-state index contributed by atoms with van der Waals surface area (Å²) in [5.41, 5.74) is 21.7. The topological polar surface area (TPSA) is 545 Å². The predicted molar refractivity (Wildman–Crippen MR) is 466 cm³/mol. The number of ether oxygens (including phenoxy) is 4. The van der Waals surface area contributed by atoms with Gasteiger partial charge in [0.15, 0.2) is 11.7 Å². The average Bonchev–Trinajstić information content (AvgIpc) is 1.62. The van der Waals surface area contributed by atoms with Gasteiger partial charge in [0.1, 0.15) is 49.9 Å². The number of thiol groups is 2. The Kier molecular flexibility index (Phi) is 42.8. The summed E-state index contributed by atoms with van der Waals surface area (Å²) in [6.45, 7) is 9.07. The highest BCUT2D eigenvalue weighted by Gasteiger charge is 2.44. The van der Waals surface area contributed by atoms with Crippen molar-refractivity contribution >= 4 is 141 Å². The molecule has 41 heteroatoms. The molecule has 0 spiro atoms. The predicted octanol–water partition coefficient (Wildman–Crippen LogP) is 0.0301. The van der Waals surface area contributed by atoms with E-state index in [4.69, 9.17) is 36.1 Å². The van der Waals surface area contributed by atoms with Crippen LogP contribution in [0.4, 0.5) is 11.4 Å². The molecule has 122 heavy (non-hydrogen) atoms. The van der Waals surface area contributed by atoms with Gasteiger partial charge in [0.2, 0.25) is 70.7 Å². The zero-order valence-electron chi connectivity index (χ0n) is 69.4. The smallest absolute Gasteiger partial charge is 0.305 e. The number of benzene rings is 3. The number of amides is 11. The molecule has 0 bridgehead atoms. The van der Waals surface area contributed by atoms with E-state index in [9.17, 15) is 75.6 Å². The van der Waals surface area contributed by atoms with Gasteiger partial charge in [0.25, 0.3) is 10.1 Å². The lowest BCUT2D eigenvalue weighted by Gasteiger charge is -2.27. The van der Waals surface area contributed by atoms with Crippen LogP contribution in [-0.2, 0) is 104 Å². The van der Waals surface area contributed by atoms with Crippen molar-refractivity contribution in [2.24, 2.45) is 22.2 Å². The Balaban J connectivity index is 1.15. The van der Waals surface area contributed by atoms with Gasteiger partial charge in [0.05, 0.1) is 75.6 Å². The summed E-state index contributed by atoms with van der Waals surface area (Å²) in [6.07, 6.45) is 11.9. The Labute approximate surface area is 726 Å². The van der Waals surface area contributed by atoms with Crippen molar-refractivity contribution < 1.29 is 99.1 Å². The number of carbonyl (C=O) groups excluding carboxylic acids is 11. The number of guanidine groups is 1. The van der Waals surface area contributed by atoms with Crippen molar-refractivity contribution in [2.75, 3.05) is 121 Å². The number of nitrogens with two attached hydrogens (primary N) is 3. The van der Waals surface area contributed by atoms with Crippen LogP contribution in [0.3, 0.4) is 0 Å². The number of allylic oxidation sites excluding steroid dienone is 6. The van der Waals surface area contributed by atoms with E-state index in [0.29, 0.717) is 31.4 Å². The molecule has 0 aliphatic carbocycles. The molecule has 6 rings (SSSR count). The van der Waals surface area contributed by atoms with Crippen LogP contribution in [0.5, 0.6) is 0 Å². The number of primary amides is 1. The Hall–Kier alpha value is -9.98. The summed E-state index contributed by atoms with van der Waals surface area (Å²) >= 11 is 9.53. The van der Waals surface area contributed by atoms with E-state index in [1.165, 1.54) is 17.7 Å². The number of carbonyl (C=O) groups is 12. The molecule has 3 aliphatic heterocycles. The Bertz CT molecular complexity index is 4360. The van der Waals surface area contributed by atoms with Crippen molar-refractivity contribution in [3.8, 4) is 0 Å². The second-order valence-electron chi connectivity index (χ2n) is 29.9. The van der Waals surface area contributed by atoms with E-state index in [0.717, 1.165) is 53.1 Å². The lowest BCUT2D eigenvalue weighted by molar-refractivity contribution is -0.401. The number of nitrogens with one attached hydrogen (secondary N) is 11. The second kappa shape index (κ2) is 51.8. The standard InChI is InChI=1S/C81H117N17O20S4/c1-80(2)54-22-14-15-25-64(54)98(66(80)27-12-7-11-26-65-81(3,4)55-45-53(122(112,113)114)29-30-63(55)97(65)5)36-18-8-13-28-68(100)85-32-17-16-23-57-74(107)93-60(49-119)77(110)91-56(24-19-33-88-79(83)84)72(105)89-47-69(101)90-59(46-71(103)104)76(109)94-61(50-120)78(111)92-58(44-52-20-9-6-10-21-52)75(108)95-62(51-121-96-57)73(106)87-35-39-116-41-43-117-42-40-115-38-34-86-70(102)48-118-37-31-67(82)99/h6-7,9-12,14-15,20-22,25-27,29-30,45,56-62,96H,8,13,16-19,23-24,28,31-44,46-51H2,1-5H3,(H19-,82,83,84,85,86,87,88,89,90,91,92,93,94,95,99,100,101,102,103,104,105,106,107,108,109,110,111,112,113,114,119,120)/p+1/t56-,57-,58-,59-,60-,61-,62-/m0/s1. The van der Waals surface area contributed by atoms with Crippen LogP contribution in [0, 0.1) is 0 Å². The van der Waals surface area contributed by atoms with E-state index < -0.39 is 142 Å². The summed E-state index contributed by atoms with van der Waals surface area (Å²) in [7, 11) is -2.48. The van der Waals surface area contributed by atoms with Crippen LogP contribution >= 0.6 is 37.2 Å². The van der Waals surface area contributed by atoms with Gasteiger partial charge in [-0.05, 0) is 94.2 Å². The van der Waals surface area contributed by atoms with E-state index in [1.54, 1.807) is 36.4 Å². The third-order valence-electron chi connectivity index (χ3n) is 19.9. The summed E-state index contributed by atoms with van der Waals surface area (Å²) in [5, 5.41) is 35.8. The number of nitrogens with zero attached hydrogens (tertiary/aromatic N) is 3. The van der Waals surface area contributed by atoms with Gasteiger partial charge < -0.3 is 99.3 Å². The highest BCUT2D eigenvalue weighted by Crippen LogP contribution is 2.48. The number of para-hydroxylation sites is 1. The fraction of sp³-hybridized carbons (Fsp3) is 0.531. The molecule has 670 valence electrons. The van der Waals surface area contributed by atoms with E-state index >= 15 is 0 Å². The largest absolute Gasteiger partial charge is 0.481 e. The number of carboxylic acid groups (broad SMARTS) is 1. The van der Waals surface area contributed by atoms with Crippen molar-refractivity contribution in [2.45, 2.75) is 163 Å². The van der Waals surface area contributed by atoms with E-state index in [-0.39, 0.29) is 151 Å². The number of hydrogen-bond acceptors (Lipinski definition) is 24. The molecule has 3 heterocycles. The van der Waals surface area contributed by atoms with Crippen LogP contribution in [0.2, 0.25) is 0 Å². The molecule has 3 aromatic rings. The van der Waals surface area contributed by atoms with Gasteiger partial charge in [-0.1, -0.05) is 99.0 Å². The quantitative estimate of drug-likeness (QED) is 0.00519. The molecule has 11 amide bonds. The SMILES string of the molecule is C[N+]1=C(/C=C/C=C/C=C2/N(CCCCCC(=O)NCCCC[C@@H]3NSC[C@@H](C(=O)NCCOCCOCCOCCNC(=O)COCCC(N)=O)NC(=O)[C@H](Cc4ccccc4)NC(=O)[C@H](CS)NC(=O)[C@H](CC(=O)O)NC(=O)CNC(=O)[C@H](CCCN=C(N)N)NC(=O)[C@H](CS)NC3=O)c3ccccc3C2(C)C)C(C)(C)c2cc(S(=O)(=O)O)ccc21. The number of unbranched alkanes of at least 4 members (excludes halogenated alkanes) is 3. The molecule has 0 aromatic heterocycles. The second-order valence-corrected chi connectivity index (χ2v) is 33.0. The summed E-state index contributed by atoms with van der Waals surface area (Å²) in [5.74, 6) is -11.3. The minimum atomic E-state index is -4.40. The van der Waals surface area contributed by atoms with Gasteiger partial charge in [-0.15, -0.1) is 0 Å². The van der Waals surface area contributed by atoms with Crippen LogP contribution < -0.4 is 80.0 Å². The number of fused-ring (bicyclic) bond motifs is 2. The van der Waals surface area contributed by atoms with Gasteiger partial charge >= 0.3 is 5.97 Å². The van der Waals surface area contributed by atoms with Gasteiger partial charge in [-0.25, -0.2) is 0 Å². The van der Waals surface area contributed by atoms with Crippen LogP contribution in [0.25, 0.3) is 0 Å². The number of hydrogen-bond donors (Lipinski definition) is 18. The third-order valence-corrected chi connectivity index (χ3v) is 22.5.